The van der Waals surface area contributed by atoms with Gasteiger partial charge in [0.2, 0.25) is 0 Å². The van der Waals surface area contributed by atoms with E-state index in [0.29, 0.717) is 6.42 Å². The van der Waals surface area contributed by atoms with Gasteiger partial charge in [-0.3, -0.25) is 0 Å². The van der Waals surface area contributed by atoms with Gasteiger partial charge in [0.1, 0.15) is 18.0 Å². The first-order valence-corrected chi connectivity index (χ1v) is 5.94. The molecule has 0 saturated carbocycles. The molecule has 1 rings (SSSR count). The van der Waals surface area contributed by atoms with Gasteiger partial charge in [-0.15, -0.1) is 0 Å². The summed E-state index contributed by atoms with van der Waals surface area (Å²) in [7, 11) is 0. The zero-order valence-electron chi connectivity index (χ0n) is 11.0. The third-order valence-electron chi connectivity index (χ3n) is 2.62. The number of aliphatic hydroxyl groups is 1. The molecular formula is C12H22N4O. The summed E-state index contributed by atoms with van der Waals surface area (Å²) < 4.78 is 0. The lowest BCUT2D eigenvalue weighted by molar-refractivity contribution is 0.260. The van der Waals surface area contributed by atoms with E-state index in [4.69, 9.17) is 5.11 Å². The van der Waals surface area contributed by atoms with Crippen molar-refractivity contribution < 1.29 is 5.11 Å². The molecule has 0 spiro atoms. The number of nitrogens with zero attached hydrogens (tertiary/aromatic N) is 2. The zero-order valence-corrected chi connectivity index (χ0v) is 11.0. The Bertz CT molecular complexity index is 366. The minimum atomic E-state index is -0.183. The van der Waals surface area contributed by atoms with Gasteiger partial charge in [0.25, 0.3) is 0 Å². The van der Waals surface area contributed by atoms with E-state index in [-0.39, 0.29) is 12.1 Å². The predicted molar refractivity (Wildman–Crippen MR) is 70.3 cm³/mol. The Morgan fingerprint density at radius 3 is 2.53 bits per heavy atom. The van der Waals surface area contributed by atoms with Crippen LogP contribution in [0.1, 0.15) is 32.8 Å². The SMILES string of the molecule is CCNc1ncnc(NC(C)(C)CCO)c1C. The molecule has 0 fully saturated rings. The Morgan fingerprint density at radius 1 is 1.29 bits per heavy atom. The molecule has 0 aliphatic heterocycles. The second-order valence-corrected chi connectivity index (χ2v) is 4.71. The fourth-order valence-corrected chi connectivity index (χ4v) is 1.58. The summed E-state index contributed by atoms with van der Waals surface area (Å²) in [6.07, 6.45) is 2.22. The maximum Gasteiger partial charge on any atom is 0.134 e. The minimum Gasteiger partial charge on any atom is -0.396 e. The molecule has 0 radical (unpaired) electrons. The van der Waals surface area contributed by atoms with Crippen LogP contribution in [-0.2, 0) is 0 Å². The molecule has 0 amide bonds. The Hall–Kier alpha value is -1.36. The molecule has 0 saturated heterocycles. The van der Waals surface area contributed by atoms with Crippen LogP contribution >= 0.6 is 0 Å². The van der Waals surface area contributed by atoms with Crippen LogP contribution in [0.15, 0.2) is 6.33 Å². The summed E-state index contributed by atoms with van der Waals surface area (Å²) in [5, 5.41) is 15.5. The average Bonchev–Trinajstić information content (AvgIpc) is 2.24. The van der Waals surface area contributed by atoms with Crippen molar-refractivity contribution >= 4 is 11.6 Å². The fourth-order valence-electron chi connectivity index (χ4n) is 1.58. The largest absolute Gasteiger partial charge is 0.396 e. The van der Waals surface area contributed by atoms with E-state index in [1.165, 1.54) is 0 Å². The van der Waals surface area contributed by atoms with Crippen LogP contribution in [0.4, 0.5) is 11.6 Å². The molecule has 3 N–H and O–H groups in total. The van der Waals surface area contributed by atoms with Crippen molar-refractivity contribution in [3.8, 4) is 0 Å². The van der Waals surface area contributed by atoms with E-state index in [1.807, 2.05) is 27.7 Å². The average molecular weight is 238 g/mol. The summed E-state index contributed by atoms with van der Waals surface area (Å²) in [5.41, 5.74) is 0.817. The molecule has 1 heterocycles. The summed E-state index contributed by atoms with van der Waals surface area (Å²) in [6, 6.07) is 0. The maximum absolute atomic E-state index is 9.00. The number of aliphatic hydroxyl groups excluding tert-OH is 1. The first kappa shape index (κ1) is 13.7. The number of nitrogens with one attached hydrogen (secondary N) is 2. The third-order valence-corrected chi connectivity index (χ3v) is 2.62. The molecule has 1 aromatic heterocycles. The smallest absolute Gasteiger partial charge is 0.134 e. The van der Waals surface area contributed by atoms with Crippen molar-refractivity contribution in [3.63, 3.8) is 0 Å². The van der Waals surface area contributed by atoms with E-state index >= 15 is 0 Å². The molecule has 0 aromatic carbocycles. The summed E-state index contributed by atoms with van der Waals surface area (Å²) in [6.45, 7) is 9.08. The Kier molecular flexibility index (Phi) is 4.69. The minimum absolute atomic E-state index is 0.157. The molecule has 96 valence electrons. The maximum atomic E-state index is 9.00. The lowest BCUT2D eigenvalue weighted by atomic mass is 10.0. The fraction of sp³-hybridized carbons (Fsp3) is 0.667. The first-order chi connectivity index (χ1) is 8.00. The predicted octanol–water partition coefficient (Wildman–Crippen LogP) is 1.79. The lowest BCUT2D eigenvalue weighted by Gasteiger charge is -2.27. The van der Waals surface area contributed by atoms with Crippen molar-refractivity contribution in [3.05, 3.63) is 11.9 Å². The number of aromatic nitrogens is 2. The molecule has 0 unspecified atom stereocenters. The van der Waals surface area contributed by atoms with Crippen LogP contribution in [-0.4, -0.2) is 33.8 Å². The van der Waals surface area contributed by atoms with Crippen molar-refractivity contribution in [1.29, 1.82) is 0 Å². The Labute approximate surface area is 103 Å². The van der Waals surface area contributed by atoms with Crippen LogP contribution in [0.5, 0.6) is 0 Å². The third kappa shape index (κ3) is 3.85. The highest BCUT2D eigenvalue weighted by Crippen LogP contribution is 2.22. The van der Waals surface area contributed by atoms with E-state index in [9.17, 15) is 0 Å². The van der Waals surface area contributed by atoms with Gasteiger partial charge in [0.05, 0.1) is 0 Å². The van der Waals surface area contributed by atoms with Crippen LogP contribution in [0.3, 0.4) is 0 Å². The van der Waals surface area contributed by atoms with Crippen molar-refractivity contribution in [2.24, 2.45) is 0 Å². The number of rotatable bonds is 6. The summed E-state index contributed by atoms with van der Waals surface area (Å²) in [5.74, 6) is 1.67. The molecule has 5 nitrogen and oxygen atoms in total. The van der Waals surface area contributed by atoms with Crippen molar-refractivity contribution in [2.75, 3.05) is 23.8 Å². The van der Waals surface area contributed by atoms with Gasteiger partial charge < -0.3 is 15.7 Å². The van der Waals surface area contributed by atoms with Crippen LogP contribution in [0.2, 0.25) is 0 Å². The Morgan fingerprint density at radius 2 is 1.94 bits per heavy atom. The number of hydrogen-bond acceptors (Lipinski definition) is 5. The van der Waals surface area contributed by atoms with Gasteiger partial charge in [-0.25, -0.2) is 9.97 Å². The van der Waals surface area contributed by atoms with Gasteiger partial charge >= 0.3 is 0 Å². The standard InChI is InChI=1S/C12H22N4O/c1-5-13-10-9(2)11(15-8-14-10)16-12(3,4)6-7-17/h8,17H,5-7H2,1-4H3,(H2,13,14,15,16). The van der Waals surface area contributed by atoms with Gasteiger partial charge in [-0.2, -0.15) is 0 Å². The zero-order chi connectivity index (χ0) is 12.9. The summed E-state index contributed by atoms with van der Waals surface area (Å²) >= 11 is 0. The normalized spacial score (nSPS) is 11.4. The highest BCUT2D eigenvalue weighted by Gasteiger charge is 2.19. The van der Waals surface area contributed by atoms with E-state index < -0.39 is 0 Å². The highest BCUT2D eigenvalue weighted by atomic mass is 16.3. The summed E-state index contributed by atoms with van der Waals surface area (Å²) in [4.78, 5) is 8.44. The number of hydrogen-bond donors (Lipinski definition) is 3. The van der Waals surface area contributed by atoms with Gasteiger partial charge in [-0.05, 0) is 34.1 Å². The van der Waals surface area contributed by atoms with Gasteiger partial charge in [0, 0.05) is 24.3 Å². The first-order valence-electron chi connectivity index (χ1n) is 5.94. The second kappa shape index (κ2) is 5.82. The highest BCUT2D eigenvalue weighted by molar-refractivity contribution is 5.57. The number of anilines is 2. The monoisotopic (exact) mass is 238 g/mol. The molecule has 0 atom stereocenters. The Balaban J connectivity index is 2.87. The molecule has 0 bridgehead atoms. The van der Waals surface area contributed by atoms with E-state index in [0.717, 1.165) is 23.7 Å². The molecule has 0 aliphatic rings. The van der Waals surface area contributed by atoms with Crippen molar-refractivity contribution in [2.45, 2.75) is 39.7 Å². The van der Waals surface area contributed by atoms with Crippen LogP contribution in [0.25, 0.3) is 0 Å². The van der Waals surface area contributed by atoms with E-state index in [2.05, 4.69) is 20.6 Å². The topological polar surface area (TPSA) is 70.1 Å². The molecule has 0 aliphatic carbocycles. The molecule has 17 heavy (non-hydrogen) atoms. The van der Waals surface area contributed by atoms with Crippen LogP contribution < -0.4 is 10.6 Å². The second-order valence-electron chi connectivity index (χ2n) is 4.71. The quantitative estimate of drug-likeness (QED) is 0.705. The molecular weight excluding hydrogens is 216 g/mol. The molecule has 5 heteroatoms. The molecule has 1 aromatic rings. The van der Waals surface area contributed by atoms with Crippen molar-refractivity contribution in [1.82, 2.24) is 9.97 Å². The van der Waals surface area contributed by atoms with Gasteiger partial charge in [0.15, 0.2) is 0 Å². The lowest BCUT2D eigenvalue weighted by Crippen LogP contribution is -2.32. The van der Waals surface area contributed by atoms with E-state index in [1.54, 1.807) is 6.33 Å². The van der Waals surface area contributed by atoms with Crippen LogP contribution in [0, 0.1) is 6.92 Å². The van der Waals surface area contributed by atoms with Gasteiger partial charge in [-0.1, -0.05) is 0 Å².